The van der Waals surface area contributed by atoms with Crippen LogP contribution < -0.4 is 5.32 Å². The Morgan fingerprint density at radius 3 is 2.42 bits per heavy atom. The van der Waals surface area contributed by atoms with E-state index in [4.69, 9.17) is 10.5 Å². The molecule has 0 radical (unpaired) electrons. The number of carbonyl (C=O) groups excluding carboxylic acids is 1. The van der Waals surface area contributed by atoms with Gasteiger partial charge in [0.25, 0.3) is 5.91 Å². The highest BCUT2D eigenvalue weighted by atomic mass is 16.4. The minimum atomic E-state index is -0.749. The minimum Gasteiger partial charge on any atom is -0.481 e. The molecule has 1 amide bonds. The van der Waals surface area contributed by atoms with E-state index in [0.29, 0.717) is 17.1 Å². The number of carboxylic acid groups (broad SMARTS) is 1. The standard InChI is InChI=1S/C25H29N3O3/c26-24(28-12-2-1-3-13-28)18-8-10-22(11-9-18)27-25(31)21-7-6-19-14-17(15-23(29)30)4-5-20(19)16-21/h6-11,16-17,26H,1-5,12-15H2,(H,27,31)(H,29,30). The highest BCUT2D eigenvalue weighted by Gasteiger charge is 2.22. The molecule has 162 valence electrons. The topological polar surface area (TPSA) is 93.5 Å². The fourth-order valence-electron chi connectivity index (χ4n) is 4.61. The molecule has 6 nitrogen and oxygen atoms in total. The second-order valence-electron chi connectivity index (χ2n) is 8.62. The molecule has 1 aliphatic carbocycles. The normalized spacial score (nSPS) is 18.2. The zero-order chi connectivity index (χ0) is 21.8. The number of anilines is 1. The Labute approximate surface area is 182 Å². The molecule has 2 aromatic carbocycles. The number of amides is 1. The van der Waals surface area contributed by atoms with Gasteiger partial charge in [0.15, 0.2) is 0 Å². The van der Waals surface area contributed by atoms with Gasteiger partial charge in [-0.15, -0.1) is 0 Å². The van der Waals surface area contributed by atoms with Gasteiger partial charge in [0.05, 0.1) is 0 Å². The Morgan fingerprint density at radius 2 is 1.71 bits per heavy atom. The van der Waals surface area contributed by atoms with Crippen LogP contribution in [0.1, 0.15) is 59.2 Å². The van der Waals surface area contributed by atoms with Crippen molar-refractivity contribution in [3.8, 4) is 0 Å². The van der Waals surface area contributed by atoms with E-state index in [0.717, 1.165) is 61.9 Å². The van der Waals surface area contributed by atoms with E-state index in [-0.39, 0.29) is 18.2 Å². The van der Waals surface area contributed by atoms with Gasteiger partial charge in [-0.25, -0.2) is 0 Å². The van der Waals surface area contributed by atoms with Gasteiger partial charge in [0.1, 0.15) is 5.84 Å². The number of nitrogens with zero attached hydrogens (tertiary/aromatic N) is 1. The number of rotatable bonds is 5. The summed E-state index contributed by atoms with van der Waals surface area (Å²) in [5.41, 5.74) is 4.47. The van der Waals surface area contributed by atoms with Crippen molar-refractivity contribution in [1.29, 1.82) is 5.41 Å². The lowest BCUT2D eigenvalue weighted by atomic mass is 9.81. The van der Waals surface area contributed by atoms with Crippen molar-refractivity contribution in [2.75, 3.05) is 18.4 Å². The Morgan fingerprint density at radius 1 is 1.00 bits per heavy atom. The lowest BCUT2D eigenvalue weighted by molar-refractivity contribution is -0.138. The van der Waals surface area contributed by atoms with Gasteiger partial charge in [-0.1, -0.05) is 6.07 Å². The average molecular weight is 420 g/mol. The molecule has 3 N–H and O–H groups in total. The number of hydrogen-bond acceptors (Lipinski definition) is 3. The van der Waals surface area contributed by atoms with Crippen LogP contribution in [0.3, 0.4) is 0 Å². The summed E-state index contributed by atoms with van der Waals surface area (Å²) in [4.78, 5) is 25.8. The molecule has 2 aromatic rings. The Bertz CT molecular complexity index is 978. The van der Waals surface area contributed by atoms with Crippen LogP contribution in [0.4, 0.5) is 5.69 Å². The molecule has 1 saturated heterocycles. The average Bonchev–Trinajstić information content (AvgIpc) is 2.79. The smallest absolute Gasteiger partial charge is 0.303 e. The van der Waals surface area contributed by atoms with E-state index >= 15 is 0 Å². The van der Waals surface area contributed by atoms with E-state index in [1.54, 1.807) is 0 Å². The van der Waals surface area contributed by atoms with Crippen molar-refractivity contribution >= 4 is 23.4 Å². The zero-order valence-corrected chi connectivity index (χ0v) is 17.7. The van der Waals surface area contributed by atoms with Crippen LogP contribution in [0.15, 0.2) is 42.5 Å². The highest BCUT2D eigenvalue weighted by molar-refractivity contribution is 6.05. The Balaban J connectivity index is 1.38. The predicted molar refractivity (Wildman–Crippen MR) is 121 cm³/mol. The molecule has 1 atom stereocenters. The summed E-state index contributed by atoms with van der Waals surface area (Å²) in [7, 11) is 0. The fraction of sp³-hybridized carbons (Fsp3) is 0.400. The lowest BCUT2D eigenvalue weighted by Gasteiger charge is -2.29. The summed E-state index contributed by atoms with van der Waals surface area (Å²) < 4.78 is 0. The first kappa shape index (κ1) is 21.1. The maximum absolute atomic E-state index is 12.7. The third kappa shape index (κ3) is 5.13. The van der Waals surface area contributed by atoms with Gasteiger partial charge >= 0.3 is 5.97 Å². The highest BCUT2D eigenvalue weighted by Crippen LogP contribution is 2.28. The third-order valence-electron chi connectivity index (χ3n) is 6.35. The number of carboxylic acids is 1. The maximum Gasteiger partial charge on any atom is 0.303 e. The summed E-state index contributed by atoms with van der Waals surface area (Å²) in [6.07, 6.45) is 6.12. The van der Waals surface area contributed by atoms with Crippen LogP contribution in [0.5, 0.6) is 0 Å². The van der Waals surface area contributed by atoms with E-state index < -0.39 is 5.97 Å². The SMILES string of the molecule is N=C(c1ccc(NC(=O)c2ccc3c(c2)CCC(CC(=O)O)C3)cc1)N1CCCCC1. The van der Waals surface area contributed by atoms with Crippen molar-refractivity contribution < 1.29 is 14.7 Å². The second kappa shape index (κ2) is 9.33. The zero-order valence-electron chi connectivity index (χ0n) is 17.7. The molecule has 2 aliphatic rings. The van der Waals surface area contributed by atoms with Gasteiger partial charge in [0, 0.05) is 36.3 Å². The first-order valence-corrected chi connectivity index (χ1v) is 11.1. The van der Waals surface area contributed by atoms with E-state index in [1.807, 2.05) is 42.5 Å². The van der Waals surface area contributed by atoms with Gasteiger partial charge < -0.3 is 15.3 Å². The molecule has 31 heavy (non-hydrogen) atoms. The summed E-state index contributed by atoms with van der Waals surface area (Å²) in [5.74, 6) is -0.184. The molecule has 0 saturated carbocycles. The predicted octanol–water partition coefficient (Wildman–Crippen LogP) is 4.33. The number of fused-ring (bicyclic) bond motifs is 1. The van der Waals surface area contributed by atoms with Crippen LogP contribution in [-0.4, -0.2) is 40.8 Å². The summed E-state index contributed by atoms with van der Waals surface area (Å²) >= 11 is 0. The van der Waals surface area contributed by atoms with Gasteiger partial charge in [-0.05, 0) is 92.0 Å². The van der Waals surface area contributed by atoms with Crippen LogP contribution in [0, 0.1) is 11.3 Å². The van der Waals surface area contributed by atoms with Crippen LogP contribution in [0.2, 0.25) is 0 Å². The number of benzene rings is 2. The van der Waals surface area contributed by atoms with Gasteiger partial charge in [-0.3, -0.25) is 15.0 Å². The number of nitrogens with one attached hydrogen (secondary N) is 2. The molecule has 1 aliphatic heterocycles. The van der Waals surface area contributed by atoms with Gasteiger partial charge in [-0.2, -0.15) is 0 Å². The van der Waals surface area contributed by atoms with Gasteiger partial charge in [0.2, 0.25) is 0 Å². The Hall–Kier alpha value is -3.15. The molecule has 0 bridgehead atoms. The monoisotopic (exact) mass is 419 g/mol. The van der Waals surface area contributed by atoms with Crippen molar-refractivity contribution in [2.24, 2.45) is 5.92 Å². The molecular weight excluding hydrogens is 390 g/mol. The molecule has 1 fully saturated rings. The summed E-state index contributed by atoms with van der Waals surface area (Å²) in [6, 6.07) is 13.2. The van der Waals surface area contributed by atoms with Crippen molar-refractivity contribution in [3.05, 3.63) is 64.7 Å². The number of hydrogen-bond donors (Lipinski definition) is 3. The maximum atomic E-state index is 12.7. The Kier molecular flexibility index (Phi) is 6.35. The number of carbonyl (C=O) groups is 2. The second-order valence-corrected chi connectivity index (χ2v) is 8.62. The first-order chi connectivity index (χ1) is 15.0. The van der Waals surface area contributed by atoms with Crippen LogP contribution in [-0.2, 0) is 17.6 Å². The number of likely N-dealkylation sites (tertiary alicyclic amines) is 1. The quantitative estimate of drug-likeness (QED) is 0.497. The number of piperidine rings is 1. The minimum absolute atomic E-state index is 0.158. The van der Waals surface area contributed by atoms with Crippen molar-refractivity contribution in [1.82, 2.24) is 4.90 Å². The van der Waals surface area contributed by atoms with E-state index in [9.17, 15) is 9.59 Å². The molecule has 4 rings (SSSR count). The molecule has 0 aromatic heterocycles. The number of aryl methyl sites for hydroxylation is 1. The molecule has 6 heteroatoms. The number of amidine groups is 1. The molecular formula is C25H29N3O3. The van der Waals surface area contributed by atoms with Crippen molar-refractivity contribution in [2.45, 2.75) is 44.9 Å². The summed E-state index contributed by atoms with van der Waals surface area (Å²) in [6.45, 7) is 1.87. The van der Waals surface area contributed by atoms with Crippen molar-refractivity contribution in [3.63, 3.8) is 0 Å². The van der Waals surface area contributed by atoms with Crippen LogP contribution in [0.25, 0.3) is 0 Å². The fourth-order valence-corrected chi connectivity index (χ4v) is 4.61. The lowest BCUT2D eigenvalue weighted by Crippen LogP contribution is -2.35. The van der Waals surface area contributed by atoms with Crippen LogP contribution >= 0.6 is 0 Å². The molecule has 1 heterocycles. The first-order valence-electron chi connectivity index (χ1n) is 11.1. The molecule has 1 unspecified atom stereocenters. The third-order valence-corrected chi connectivity index (χ3v) is 6.35. The number of aliphatic carboxylic acids is 1. The molecule has 0 spiro atoms. The van der Waals surface area contributed by atoms with E-state index in [2.05, 4.69) is 10.2 Å². The van der Waals surface area contributed by atoms with E-state index in [1.165, 1.54) is 6.42 Å². The largest absolute Gasteiger partial charge is 0.481 e. The summed E-state index contributed by atoms with van der Waals surface area (Å²) in [5, 5.41) is 20.4.